The lowest BCUT2D eigenvalue weighted by atomic mass is 10.1. The van der Waals surface area contributed by atoms with Crippen molar-refractivity contribution in [1.82, 2.24) is 14.5 Å². The van der Waals surface area contributed by atoms with Crippen molar-refractivity contribution in [1.29, 1.82) is 0 Å². The number of aromatic nitrogens is 2. The third-order valence-electron chi connectivity index (χ3n) is 4.63. The molecule has 1 fully saturated rings. The van der Waals surface area contributed by atoms with Crippen LogP contribution in [0.15, 0.2) is 56.2 Å². The van der Waals surface area contributed by atoms with E-state index in [9.17, 15) is 8.42 Å². The number of halogens is 1. The molecule has 1 aliphatic heterocycles. The van der Waals surface area contributed by atoms with Gasteiger partial charge in [-0.05, 0) is 61.7 Å². The minimum Gasteiger partial charge on any atom is -0.416 e. The van der Waals surface area contributed by atoms with Gasteiger partial charge in [-0.3, -0.25) is 0 Å². The maximum Gasteiger partial charge on any atom is 0.248 e. The van der Waals surface area contributed by atoms with E-state index in [2.05, 4.69) is 26.1 Å². The monoisotopic (exact) mass is 447 g/mol. The lowest BCUT2D eigenvalue weighted by Crippen LogP contribution is -2.28. The first-order valence-electron chi connectivity index (χ1n) is 8.66. The van der Waals surface area contributed by atoms with Crippen LogP contribution in [-0.4, -0.2) is 36.0 Å². The minimum atomic E-state index is -3.51. The van der Waals surface area contributed by atoms with E-state index in [-0.39, 0.29) is 0 Å². The molecule has 8 heteroatoms. The van der Waals surface area contributed by atoms with Gasteiger partial charge in [-0.25, -0.2) is 8.42 Å². The number of benzene rings is 2. The van der Waals surface area contributed by atoms with Crippen LogP contribution in [0.4, 0.5) is 0 Å². The second-order valence-corrected chi connectivity index (χ2v) is 9.33. The third-order valence-corrected chi connectivity index (χ3v) is 7.20. The van der Waals surface area contributed by atoms with Gasteiger partial charge in [0, 0.05) is 28.7 Å². The van der Waals surface area contributed by atoms with Gasteiger partial charge in [-0.1, -0.05) is 22.0 Å². The van der Waals surface area contributed by atoms with Crippen LogP contribution in [0.2, 0.25) is 0 Å². The first kappa shape index (κ1) is 18.3. The van der Waals surface area contributed by atoms with Gasteiger partial charge in [0.05, 0.1) is 4.90 Å². The number of hydrogen-bond acceptors (Lipinski definition) is 5. The van der Waals surface area contributed by atoms with Crippen molar-refractivity contribution in [2.24, 2.45) is 0 Å². The summed E-state index contributed by atoms with van der Waals surface area (Å²) >= 11 is 3.39. The van der Waals surface area contributed by atoms with Gasteiger partial charge in [0.2, 0.25) is 21.8 Å². The van der Waals surface area contributed by atoms with Crippen molar-refractivity contribution >= 4 is 26.0 Å². The lowest BCUT2D eigenvalue weighted by molar-refractivity contribution is 0.477. The highest BCUT2D eigenvalue weighted by Gasteiger charge is 2.29. The molecule has 2 aromatic carbocycles. The zero-order chi connectivity index (χ0) is 19.0. The Hall–Kier alpha value is -2.03. The van der Waals surface area contributed by atoms with Gasteiger partial charge in [0.15, 0.2) is 0 Å². The summed E-state index contributed by atoms with van der Waals surface area (Å²) in [6.45, 7) is 2.94. The Morgan fingerprint density at radius 3 is 2.22 bits per heavy atom. The molecule has 27 heavy (non-hydrogen) atoms. The fourth-order valence-corrected chi connectivity index (χ4v) is 5.16. The summed E-state index contributed by atoms with van der Waals surface area (Å²) in [6, 6.07) is 12.7. The molecule has 3 aromatic rings. The van der Waals surface area contributed by atoms with Crippen LogP contribution in [0.3, 0.4) is 0 Å². The SMILES string of the molecule is Cc1ccc(-c2nnc(-c3ccc(Br)cc3)o2)cc1S(=O)(=O)N1CCCC1. The number of sulfonamides is 1. The van der Waals surface area contributed by atoms with E-state index >= 15 is 0 Å². The minimum absolute atomic E-state index is 0.297. The van der Waals surface area contributed by atoms with Crippen LogP contribution in [0.25, 0.3) is 22.9 Å². The van der Waals surface area contributed by atoms with Gasteiger partial charge in [-0.15, -0.1) is 10.2 Å². The summed E-state index contributed by atoms with van der Waals surface area (Å²) in [5.74, 6) is 0.688. The predicted molar refractivity (Wildman–Crippen MR) is 106 cm³/mol. The first-order valence-corrected chi connectivity index (χ1v) is 10.9. The average Bonchev–Trinajstić information content (AvgIpc) is 3.35. The van der Waals surface area contributed by atoms with Gasteiger partial charge >= 0.3 is 0 Å². The van der Waals surface area contributed by atoms with Crippen LogP contribution < -0.4 is 0 Å². The molecular weight excluding hydrogens is 430 g/mol. The quantitative estimate of drug-likeness (QED) is 0.596. The summed E-state index contributed by atoms with van der Waals surface area (Å²) in [7, 11) is -3.51. The molecule has 1 saturated heterocycles. The molecule has 6 nitrogen and oxygen atoms in total. The van der Waals surface area contributed by atoms with Crippen LogP contribution in [-0.2, 0) is 10.0 Å². The predicted octanol–water partition coefficient (Wildman–Crippen LogP) is 4.26. The molecule has 0 N–H and O–H groups in total. The average molecular weight is 448 g/mol. The van der Waals surface area contributed by atoms with E-state index in [1.807, 2.05) is 24.3 Å². The fraction of sp³-hybridized carbons (Fsp3) is 0.263. The first-order chi connectivity index (χ1) is 12.9. The van der Waals surface area contributed by atoms with Crippen molar-refractivity contribution in [2.75, 3.05) is 13.1 Å². The Bertz CT molecular complexity index is 1070. The highest BCUT2D eigenvalue weighted by Crippen LogP contribution is 2.30. The molecule has 0 atom stereocenters. The maximum absolute atomic E-state index is 13.0. The van der Waals surface area contributed by atoms with Gasteiger partial charge in [0.25, 0.3) is 0 Å². The van der Waals surface area contributed by atoms with E-state index in [4.69, 9.17) is 4.42 Å². The standard InChI is InChI=1S/C19H18BrN3O3S/c1-13-4-5-15(12-17(13)27(24,25)23-10-2-3-11-23)19-22-21-18(26-19)14-6-8-16(20)9-7-14/h4-9,12H,2-3,10-11H2,1H3. The molecule has 0 spiro atoms. The molecule has 0 radical (unpaired) electrons. The zero-order valence-electron chi connectivity index (χ0n) is 14.7. The van der Waals surface area contributed by atoms with E-state index in [0.29, 0.717) is 40.9 Å². The molecule has 1 aromatic heterocycles. The third kappa shape index (κ3) is 3.56. The largest absolute Gasteiger partial charge is 0.416 e. The summed E-state index contributed by atoms with van der Waals surface area (Å²) < 4.78 is 34.2. The molecule has 2 heterocycles. The Labute approximate surface area is 166 Å². The highest BCUT2D eigenvalue weighted by atomic mass is 79.9. The van der Waals surface area contributed by atoms with E-state index < -0.39 is 10.0 Å². The van der Waals surface area contributed by atoms with Crippen molar-refractivity contribution in [3.05, 3.63) is 52.5 Å². The molecule has 0 bridgehead atoms. The number of rotatable bonds is 4. The second kappa shape index (κ2) is 7.18. The van der Waals surface area contributed by atoms with Crippen LogP contribution in [0.1, 0.15) is 18.4 Å². The van der Waals surface area contributed by atoms with Crippen LogP contribution in [0, 0.1) is 6.92 Å². The topological polar surface area (TPSA) is 76.3 Å². The van der Waals surface area contributed by atoms with Gasteiger partial charge in [-0.2, -0.15) is 4.31 Å². The molecule has 0 amide bonds. The molecule has 0 aliphatic carbocycles. The van der Waals surface area contributed by atoms with E-state index in [1.54, 1.807) is 29.4 Å². The Morgan fingerprint density at radius 1 is 0.963 bits per heavy atom. The Morgan fingerprint density at radius 2 is 1.56 bits per heavy atom. The van der Waals surface area contributed by atoms with Gasteiger partial charge < -0.3 is 4.42 Å². The van der Waals surface area contributed by atoms with Crippen LogP contribution in [0.5, 0.6) is 0 Å². The number of aryl methyl sites for hydroxylation is 1. The van der Waals surface area contributed by atoms with Gasteiger partial charge in [0.1, 0.15) is 0 Å². The van der Waals surface area contributed by atoms with Crippen molar-refractivity contribution < 1.29 is 12.8 Å². The molecule has 140 valence electrons. The van der Waals surface area contributed by atoms with Crippen molar-refractivity contribution in [3.8, 4) is 22.9 Å². The second-order valence-electron chi connectivity index (χ2n) is 6.51. The zero-order valence-corrected chi connectivity index (χ0v) is 17.1. The molecular formula is C19H18BrN3O3S. The summed E-state index contributed by atoms with van der Waals surface area (Å²) in [5, 5.41) is 8.19. The Balaban J connectivity index is 1.70. The molecule has 1 aliphatic rings. The smallest absolute Gasteiger partial charge is 0.248 e. The summed E-state index contributed by atoms with van der Waals surface area (Å²) in [6.07, 6.45) is 1.80. The summed E-state index contributed by atoms with van der Waals surface area (Å²) in [4.78, 5) is 0.297. The molecule has 4 rings (SSSR count). The van der Waals surface area contributed by atoms with Crippen molar-refractivity contribution in [2.45, 2.75) is 24.7 Å². The molecule has 0 unspecified atom stereocenters. The normalized spacial score (nSPS) is 15.3. The summed E-state index contributed by atoms with van der Waals surface area (Å²) in [5.41, 5.74) is 2.10. The van der Waals surface area contributed by atoms with E-state index in [1.165, 1.54) is 0 Å². The lowest BCUT2D eigenvalue weighted by Gasteiger charge is -2.17. The van der Waals surface area contributed by atoms with Crippen molar-refractivity contribution in [3.63, 3.8) is 0 Å². The Kier molecular flexibility index (Phi) is 4.88. The van der Waals surface area contributed by atoms with E-state index in [0.717, 1.165) is 22.9 Å². The van der Waals surface area contributed by atoms with Crippen LogP contribution >= 0.6 is 15.9 Å². The number of hydrogen-bond donors (Lipinski definition) is 0. The fourth-order valence-electron chi connectivity index (χ4n) is 3.13. The maximum atomic E-state index is 13.0. The highest BCUT2D eigenvalue weighted by molar-refractivity contribution is 9.10. The molecule has 0 saturated carbocycles. The number of nitrogens with zero attached hydrogens (tertiary/aromatic N) is 3.